The van der Waals surface area contributed by atoms with Gasteiger partial charge in [0, 0.05) is 61.5 Å². The zero-order valence-corrected chi connectivity index (χ0v) is 51.3. The number of aromatic hydroxyl groups is 2. The Bertz CT molecular complexity index is 2680. The van der Waals surface area contributed by atoms with Crippen molar-refractivity contribution in [1.82, 2.24) is 18.9 Å². The van der Waals surface area contributed by atoms with Crippen LogP contribution in [0, 0.1) is 60.2 Å². The van der Waals surface area contributed by atoms with E-state index in [1.54, 1.807) is 62.4 Å². The van der Waals surface area contributed by atoms with E-state index in [2.05, 4.69) is 75.8 Å². The minimum Gasteiger partial charge on any atom is -0.493 e. The first-order chi connectivity index (χ1) is 39.6. The van der Waals surface area contributed by atoms with Crippen molar-refractivity contribution in [3.8, 4) is 23.9 Å². The average Bonchev–Trinajstić information content (AvgIpc) is 3.67. The van der Waals surface area contributed by atoms with Crippen molar-refractivity contribution >= 4 is 34.6 Å². The van der Waals surface area contributed by atoms with Gasteiger partial charge in [-0.05, 0) is 125 Å². The first-order valence-corrected chi connectivity index (χ1v) is 30.9. The Balaban J connectivity index is 1.46. The predicted octanol–water partition coefficient (Wildman–Crippen LogP) is 16.6. The van der Waals surface area contributed by atoms with Gasteiger partial charge in [-0.25, -0.2) is 0 Å². The second-order valence-corrected chi connectivity index (χ2v) is 22.5. The number of amides is 2. The quantitative estimate of drug-likeness (QED) is 0.0326. The van der Waals surface area contributed by atoms with E-state index in [-0.39, 0.29) is 58.5 Å². The van der Waals surface area contributed by atoms with E-state index >= 15 is 0 Å². The number of hydrogen-bond acceptors (Lipinski definition) is 12. The second-order valence-electron chi connectivity index (χ2n) is 22.5. The molecule has 16 nitrogen and oxygen atoms in total. The number of carbonyl (C=O) groups is 2. The molecule has 2 amide bonds. The minimum atomic E-state index is -0.614. The maximum absolute atomic E-state index is 14.1. The first kappa shape index (κ1) is 67.6. The number of azo groups is 2. The van der Waals surface area contributed by atoms with E-state index in [4.69, 9.17) is 0 Å². The molecule has 2 aromatic heterocycles. The molecule has 82 heavy (non-hydrogen) atoms. The van der Waals surface area contributed by atoms with Crippen molar-refractivity contribution in [2.75, 3.05) is 26.2 Å². The average molecular weight is 1130 g/mol. The summed E-state index contributed by atoms with van der Waals surface area (Å²) in [6.07, 6.45) is 19.3. The van der Waals surface area contributed by atoms with Gasteiger partial charge in [0.15, 0.2) is 11.4 Å². The number of rotatable bonds is 37. The minimum absolute atomic E-state index is 0.0146. The van der Waals surface area contributed by atoms with Crippen molar-refractivity contribution in [1.29, 1.82) is 10.5 Å². The summed E-state index contributed by atoms with van der Waals surface area (Å²) in [6.45, 7) is 23.6. The molecule has 0 aliphatic carbocycles. The molecule has 0 saturated heterocycles. The lowest BCUT2D eigenvalue weighted by atomic mass is 9.95. The molecule has 0 fully saturated rings. The topological polar surface area (TPSA) is 222 Å². The van der Waals surface area contributed by atoms with Gasteiger partial charge in [0.1, 0.15) is 23.3 Å². The summed E-state index contributed by atoms with van der Waals surface area (Å²) >= 11 is 0. The highest BCUT2D eigenvalue weighted by Crippen LogP contribution is 2.31. The monoisotopic (exact) mass is 1120 g/mol. The maximum Gasteiger partial charge on any atom is 0.281 e. The molecule has 4 atom stereocenters. The van der Waals surface area contributed by atoms with Gasteiger partial charge < -0.3 is 20.0 Å². The van der Waals surface area contributed by atoms with Gasteiger partial charge in [-0.2, -0.15) is 20.8 Å². The largest absolute Gasteiger partial charge is 0.493 e. The van der Waals surface area contributed by atoms with Crippen molar-refractivity contribution < 1.29 is 19.8 Å². The number of nitrogens with zero attached hydrogens (tertiary/aromatic N) is 10. The van der Waals surface area contributed by atoms with E-state index in [0.29, 0.717) is 98.0 Å². The molecule has 0 aliphatic heterocycles. The first-order valence-electron chi connectivity index (χ1n) is 30.9. The van der Waals surface area contributed by atoms with Gasteiger partial charge in [-0.15, -0.1) is 10.2 Å². The molecule has 16 heteroatoms. The maximum atomic E-state index is 14.1. The predicted molar refractivity (Wildman–Crippen MR) is 328 cm³/mol. The van der Waals surface area contributed by atoms with E-state index in [0.717, 1.165) is 112 Å². The number of aromatic nitrogens is 2. The molecule has 0 bridgehead atoms. The Kier molecular flexibility index (Phi) is 29.5. The highest BCUT2D eigenvalue weighted by Gasteiger charge is 2.26. The molecular weight excluding hydrogens is 1030 g/mol. The molecule has 0 aliphatic rings. The standard InChI is InChI=1S/C66H96N10O6/c1-11-19-27-49(15-5)43-73(44-50(16-6)28-20-12-2)61(77)53-31-35-55(36-32-53)69-71-59-47(9)57(41-67)63(79)75(65(59)81)39-25-23-24-26-40-76-64(80)58(42-68)48(10)60(66(76)82)72-70-56-37-33-54(34-38-56)62(78)74(45-51(17-7)29-21-13-3)46-52(18-8)30-22-14-4/h31-38,49-52,79-80H,11-30,39-40,43-46H2,1-10H3. The van der Waals surface area contributed by atoms with Crippen LogP contribution in [0.2, 0.25) is 0 Å². The van der Waals surface area contributed by atoms with E-state index in [1.165, 1.54) is 0 Å². The summed E-state index contributed by atoms with van der Waals surface area (Å²) < 4.78 is 2.23. The lowest BCUT2D eigenvalue weighted by Gasteiger charge is -2.31. The fourth-order valence-corrected chi connectivity index (χ4v) is 10.7. The molecule has 2 aromatic carbocycles. The van der Waals surface area contributed by atoms with Crippen LogP contribution in [0.15, 0.2) is 78.6 Å². The molecule has 0 radical (unpaired) electrons. The Morgan fingerprint density at radius 2 is 0.768 bits per heavy atom. The fourth-order valence-electron chi connectivity index (χ4n) is 10.7. The number of hydrogen-bond donors (Lipinski definition) is 2. The van der Waals surface area contributed by atoms with Crippen LogP contribution in [0.4, 0.5) is 22.7 Å². The zero-order valence-electron chi connectivity index (χ0n) is 51.3. The van der Waals surface area contributed by atoms with Crippen LogP contribution in [0.1, 0.15) is 227 Å². The zero-order chi connectivity index (χ0) is 60.1. The van der Waals surface area contributed by atoms with Crippen LogP contribution in [0.3, 0.4) is 0 Å². The fraction of sp³-hybridized carbons (Fsp3) is 0.606. The third-order valence-corrected chi connectivity index (χ3v) is 16.5. The van der Waals surface area contributed by atoms with Gasteiger partial charge in [-0.1, -0.05) is 145 Å². The summed E-state index contributed by atoms with van der Waals surface area (Å²) in [7, 11) is 0. The summed E-state index contributed by atoms with van der Waals surface area (Å²) in [4.78, 5) is 60.0. The summed E-state index contributed by atoms with van der Waals surface area (Å²) in [5, 5.41) is 59.6. The molecule has 4 rings (SSSR count). The lowest BCUT2D eigenvalue weighted by Crippen LogP contribution is -2.39. The second kappa shape index (κ2) is 35.8. The van der Waals surface area contributed by atoms with Crippen molar-refractivity contribution in [3.05, 3.63) is 103 Å². The Morgan fingerprint density at radius 3 is 1.02 bits per heavy atom. The van der Waals surface area contributed by atoms with Gasteiger partial charge in [-0.3, -0.25) is 28.3 Å². The lowest BCUT2D eigenvalue weighted by molar-refractivity contribution is 0.0678. The smallest absolute Gasteiger partial charge is 0.281 e. The summed E-state index contributed by atoms with van der Waals surface area (Å²) in [5.74, 6) is 0.741. The Labute approximate surface area is 489 Å². The Hall–Kier alpha value is -6.94. The molecule has 0 spiro atoms. The van der Waals surface area contributed by atoms with Crippen molar-refractivity contribution in [3.63, 3.8) is 0 Å². The van der Waals surface area contributed by atoms with Crippen molar-refractivity contribution in [2.24, 2.45) is 44.1 Å². The van der Waals surface area contributed by atoms with Crippen LogP contribution >= 0.6 is 0 Å². The van der Waals surface area contributed by atoms with Crippen molar-refractivity contribution in [2.45, 2.75) is 211 Å². The van der Waals surface area contributed by atoms with Gasteiger partial charge in [0.25, 0.3) is 22.9 Å². The van der Waals surface area contributed by atoms with Crippen LogP contribution in [-0.4, -0.2) is 67.1 Å². The molecule has 0 saturated carbocycles. The van der Waals surface area contributed by atoms with Gasteiger partial charge in [0.05, 0.1) is 11.4 Å². The van der Waals surface area contributed by atoms with Crippen LogP contribution in [-0.2, 0) is 13.1 Å². The number of unbranched alkanes of at least 4 members (excludes halogenated alkanes) is 7. The number of carbonyl (C=O) groups excluding carboxylic acids is 2. The van der Waals surface area contributed by atoms with E-state index in [1.807, 2.05) is 21.9 Å². The van der Waals surface area contributed by atoms with Gasteiger partial charge in [0.2, 0.25) is 11.8 Å². The molecular formula is C66H96N10O6. The molecule has 4 aromatic rings. The number of benzene rings is 2. The molecule has 4 unspecified atom stereocenters. The number of nitriles is 2. The van der Waals surface area contributed by atoms with Crippen LogP contribution < -0.4 is 11.1 Å². The highest BCUT2D eigenvalue weighted by molar-refractivity contribution is 5.95. The van der Waals surface area contributed by atoms with E-state index < -0.39 is 22.9 Å². The Morgan fingerprint density at radius 1 is 0.476 bits per heavy atom. The molecule has 446 valence electrons. The normalized spacial score (nSPS) is 13.0. The van der Waals surface area contributed by atoms with E-state index in [9.17, 15) is 39.9 Å². The molecule has 2 heterocycles. The van der Waals surface area contributed by atoms with Crippen LogP contribution in [0.5, 0.6) is 11.8 Å². The summed E-state index contributed by atoms with van der Waals surface area (Å²) in [6, 6.07) is 17.7. The third kappa shape index (κ3) is 19.3. The highest BCUT2D eigenvalue weighted by atomic mass is 16.3. The SMILES string of the molecule is CCCCC(CC)CN(CC(CC)CCCC)C(=O)c1ccc(N=Nc2c(C)c(C#N)c(O)n(CCCCCCn3c(O)c(C#N)c(C)c(N=Nc4ccc(C(=O)N(CC(CC)CCCC)CC(CC)CCCC)cc4)c3=O)c2=O)cc1. The third-order valence-electron chi connectivity index (χ3n) is 16.5. The van der Waals surface area contributed by atoms with Gasteiger partial charge >= 0.3 is 0 Å². The van der Waals surface area contributed by atoms with Crippen LogP contribution in [0.25, 0.3) is 0 Å². The molecule has 2 N–H and O–H groups in total. The summed E-state index contributed by atoms with van der Waals surface area (Å²) in [5.41, 5.74) is 0.730. The number of pyridine rings is 2.